The smallest absolute Gasteiger partial charge is 0.170 e. The van der Waals surface area contributed by atoms with Crippen LogP contribution in [0.15, 0.2) is 60.7 Å². The minimum Gasteiger partial charge on any atom is -0.412 e. The number of hydrogen-bond donors (Lipinski definition) is 0. The average molecular weight is 242 g/mol. The molecule has 0 saturated carbocycles. The maximum atomic E-state index is 11.8. The first-order chi connectivity index (χ1) is 8.27. The normalized spacial score (nSPS) is 9.33. The topological polar surface area (TPSA) is 65.6 Å². The third kappa shape index (κ3) is 3.37. The highest BCUT2D eigenvalue weighted by Gasteiger charge is 2.12. The molecule has 0 unspecified atom stereocenters. The Balaban J connectivity index is 0.00000162. The Hall–Kier alpha value is -2.26. The molecule has 2 N–H and O–H groups in total. The second-order valence-electron chi connectivity index (χ2n) is 3.76. The van der Waals surface area contributed by atoms with Crippen LogP contribution in [-0.2, 0) is 0 Å². The molecule has 0 spiro atoms. The summed E-state index contributed by atoms with van der Waals surface area (Å²) in [4.78, 5) is 23.6. The van der Waals surface area contributed by atoms with Crippen molar-refractivity contribution in [3.8, 4) is 0 Å². The van der Waals surface area contributed by atoms with Crippen LogP contribution in [0.4, 0.5) is 0 Å². The third-order valence-electron chi connectivity index (χ3n) is 2.51. The summed E-state index contributed by atoms with van der Waals surface area (Å²) >= 11 is 0. The molecule has 0 amide bonds. The Bertz CT molecular complexity index is 468. The lowest BCUT2D eigenvalue weighted by atomic mass is 10.0. The van der Waals surface area contributed by atoms with E-state index in [9.17, 15) is 9.59 Å². The summed E-state index contributed by atoms with van der Waals surface area (Å²) in [5.41, 5.74) is 1.16. The van der Waals surface area contributed by atoms with E-state index < -0.39 is 0 Å². The SMILES string of the molecule is O.O=C(CC(=O)c1ccccc1)c1ccccc1. The van der Waals surface area contributed by atoms with Crippen LogP contribution in [0, 0.1) is 0 Å². The highest BCUT2D eigenvalue weighted by atomic mass is 16.1. The van der Waals surface area contributed by atoms with E-state index in [4.69, 9.17) is 0 Å². The van der Waals surface area contributed by atoms with Crippen LogP contribution in [0.1, 0.15) is 27.1 Å². The monoisotopic (exact) mass is 242 g/mol. The van der Waals surface area contributed by atoms with Crippen molar-refractivity contribution in [2.24, 2.45) is 0 Å². The van der Waals surface area contributed by atoms with Gasteiger partial charge < -0.3 is 5.48 Å². The highest BCUT2D eigenvalue weighted by Crippen LogP contribution is 2.08. The van der Waals surface area contributed by atoms with Gasteiger partial charge in [-0.3, -0.25) is 9.59 Å². The number of carbonyl (C=O) groups is 2. The molecule has 0 bridgehead atoms. The number of Topliss-reactive ketones (excluding diaryl/α,β-unsaturated/α-hetero) is 2. The lowest BCUT2D eigenvalue weighted by Gasteiger charge is -2.00. The molecule has 3 heteroatoms. The van der Waals surface area contributed by atoms with E-state index in [1.807, 2.05) is 12.1 Å². The van der Waals surface area contributed by atoms with E-state index in [1.165, 1.54) is 0 Å². The van der Waals surface area contributed by atoms with Gasteiger partial charge in [0.05, 0.1) is 6.42 Å². The molecule has 3 nitrogen and oxygen atoms in total. The van der Waals surface area contributed by atoms with Gasteiger partial charge in [0.2, 0.25) is 0 Å². The quantitative estimate of drug-likeness (QED) is 0.610. The first-order valence-corrected chi connectivity index (χ1v) is 5.44. The summed E-state index contributed by atoms with van der Waals surface area (Å²) < 4.78 is 0. The predicted molar refractivity (Wildman–Crippen MR) is 69.8 cm³/mol. The summed E-state index contributed by atoms with van der Waals surface area (Å²) in [6, 6.07) is 17.7. The van der Waals surface area contributed by atoms with Crippen LogP contribution < -0.4 is 0 Å². The lowest BCUT2D eigenvalue weighted by molar-refractivity contribution is 0.0894. The van der Waals surface area contributed by atoms with Gasteiger partial charge in [0.15, 0.2) is 11.6 Å². The molecule has 0 aliphatic carbocycles. The van der Waals surface area contributed by atoms with Gasteiger partial charge in [-0.1, -0.05) is 60.7 Å². The number of benzene rings is 2. The predicted octanol–water partition coefficient (Wildman–Crippen LogP) is 2.32. The standard InChI is InChI=1S/C15H12O2.H2O/c16-14(12-7-3-1-4-8-12)11-15(17)13-9-5-2-6-10-13;/h1-10H,11H2;1H2. The fraction of sp³-hybridized carbons (Fsp3) is 0.0667. The van der Waals surface area contributed by atoms with Gasteiger partial charge in [-0.25, -0.2) is 0 Å². The van der Waals surface area contributed by atoms with Crippen LogP contribution in [0.25, 0.3) is 0 Å². The van der Waals surface area contributed by atoms with Gasteiger partial charge in [0.1, 0.15) is 0 Å². The van der Waals surface area contributed by atoms with Crippen molar-refractivity contribution in [2.45, 2.75) is 6.42 Å². The van der Waals surface area contributed by atoms with E-state index in [2.05, 4.69) is 0 Å². The first-order valence-electron chi connectivity index (χ1n) is 5.44. The van der Waals surface area contributed by atoms with Gasteiger partial charge in [0, 0.05) is 11.1 Å². The molecule has 0 aliphatic heterocycles. The Morgan fingerprint density at radius 1 is 0.667 bits per heavy atom. The summed E-state index contributed by atoms with van der Waals surface area (Å²) in [6.45, 7) is 0. The number of rotatable bonds is 4. The third-order valence-corrected chi connectivity index (χ3v) is 2.51. The molecule has 2 rings (SSSR count). The van der Waals surface area contributed by atoms with Crippen LogP contribution in [0.2, 0.25) is 0 Å². The van der Waals surface area contributed by atoms with Gasteiger partial charge >= 0.3 is 0 Å². The summed E-state index contributed by atoms with van der Waals surface area (Å²) in [6.07, 6.45) is -0.0754. The molecule has 18 heavy (non-hydrogen) atoms. The van der Waals surface area contributed by atoms with Crippen molar-refractivity contribution in [2.75, 3.05) is 0 Å². The lowest BCUT2D eigenvalue weighted by Crippen LogP contribution is -2.08. The fourth-order valence-corrected chi connectivity index (χ4v) is 1.60. The van der Waals surface area contributed by atoms with Crippen LogP contribution >= 0.6 is 0 Å². The molecule has 0 fully saturated rings. The van der Waals surface area contributed by atoms with E-state index in [-0.39, 0.29) is 23.5 Å². The number of hydrogen-bond acceptors (Lipinski definition) is 2. The van der Waals surface area contributed by atoms with E-state index in [0.29, 0.717) is 11.1 Å². The Morgan fingerprint density at radius 3 is 1.33 bits per heavy atom. The van der Waals surface area contributed by atoms with E-state index >= 15 is 0 Å². The van der Waals surface area contributed by atoms with Gasteiger partial charge in [0.25, 0.3) is 0 Å². The van der Waals surface area contributed by atoms with E-state index in [1.54, 1.807) is 48.5 Å². The maximum Gasteiger partial charge on any atom is 0.170 e. The van der Waals surface area contributed by atoms with Crippen LogP contribution in [-0.4, -0.2) is 17.0 Å². The Kier molecular flexibility index (Phi) is 4.96. The molecule has 0 saturated heterocycles. The number of carbonyl (C=O) groups excluding carboxylic acids is 2. The van der Waals surface area contributed by atoms with Crippen molar-refractivity contribution in [3.63, 3.8) is 0 Å². The molecule has 2 aromatic carbocycles. The molecule has 0 heterocycles. The summed E-state index contributed by atoms with van der Waals surface area (Å²) in [5, 5.41) is 0. The first kappa shape index (κ1) is 13.8. The van der Waals surface area contributed by atoms with E-state index in [0.717, 1.165) is 0 Å². The molecule has 0 aromatic heterocycles. The maximum absolute atomic E-state index is 11.8. The Morgan fingerprint density at radius 2 is 1.00 bits per heavy atom. The molecule has 0 aliphatic rings. The second-order valence-corrected chi connectivity index (χ2v) is 3.76. The molecule has 0 atom stereocenters. The summed E-state index contributed by atoms with van der Waals surface area (Å²) in [7, 11) is 0. The minimum atomic E-state index is -0.139. The number of ketones is 2. The zero-order valence-electron chi connectivity index (χ0n) is 9.80. The second kappa shape index (κ2) is 6.47. The van der Waals surface area contributed by atoms with Crippen molar-refractivity contribution < 1.29 is 15.1 Å². The van der Waals surface area contributed by atoms with Crippen molar-refractivity contribution >= 4 is 11.6 Å². The Labute approximate surface area is 105 Å². The molecule has 2 aromatic rings. The molecular weight excluding hydrogens is 228 g/mol. The zero-order valence-corrected chi connectivity index (χ0v) is 9.80. The van der Waals surface area contributed by atoms with Crippen molar-refractivity contribution in [1.82, 2.24) is 0 Å². The summed E-state index contributed by atoms with van der Waals surface area (Å²) in [5.74, 6) is -0.279. The average Bonchev–Trinajstić information content (AvgIpc) is 2.40. The van der Waals surface area contributed by atoms with Crippen molar-refractivity contribution in [3.05, 3.63) is 71.8 Å². The van der Waals surface area contributed by atoms with Crippen molar-refractivity contribution in [1.29, 1.82) is 0 Å². The van der Waals surface area contributed by atoms with Gasteiger partial charge in [-0.15, -0.1) is 0 Å². The van der Waals surface area contributed by atoms with Gasteiger partial charge in [-0.2, -0.15) is 0 Å². The highest BCUT2D eigenvalue weighted by molar-refractivity contribution is 6.13. The van der Waals surface area contributed by atoms with Gasteiger partial charge in [-0.05, 0) is 0 Å². The molecular formula is C15H14O3. The molecule has 0 radical (unpaired) electrons. The molecule has 92 valence electrons. The minimum absolute atomic E-state index is 0. The fourth-order valence-electron chi connectivity index (χ4n) is 1.60. The van der Waals surface area contributed by atoms with Crippen LogP contribution in [0.5, 0.6) is 0 Å². The van der Waals surface area contributed by atoms with Crippen LogP contribution in [0.3, 0.4) is 0 Å². The largest absolute Gasteiger partial charge is 0.412 e. The zero-order chi connectivity index (χ0) is 12.1.